The molecule has 2 atom stereocenters. The van der Waals surface area contributed by atoms with Crippen molar-refractivity contribution in [3.63, 3.8) is 0 Å². The summed E-state index contributed by atoms with van der Waals surface area (Å²) in [6.45, 7) is 18.1. The number of para-hydroxylation sites is 2. The third-order valence-electron chi connectivity index (χ3n) is 8.59. The molecule has 32 heavy (non-hydrogen) atoms. The van der Waals surface area contributed by atoms with Crippen LogP contribution in [0.2, 0.25) is 0 Å². The molecule has 3 aliphatic rings. The van der Waals surface area contributed by atoms with Crippen molar-refractivity contribution < 1.29 is 9.47 Å². The number of hydrogen-bond acceptors (Lipinski definition) is 2. The number of rotatable bonds is 3. The molecule has 1 spiro atoms. The molecule has 2 nitrogen and oxygen atoms in total. The number of hydrogen-bond donors (Lipinski definition) is 0. The molecule has 0 radical (unpaired) electrons. The quantitative estimate of drug-likeness (QED) is 0.501. The minimum atomic E-state index is 0.0764. The fraction of sp³-hybridized carbons (Fsp3) is 0.600. The van der Waals surface area contributed by atoms with E-state index < -0.39 is 0 Å². The van der Waals surface area contributed by atoms with Gasteiger partial charge in [0.25, 0.3) is 0 Å². The highest BCUT2D eigenvalue weighted by Crippen LogP contribution is 2.65. The Morgan fingerprint density at radius 1 is 0.812 bits per heavy atom. The van der Waals surface area contributed by atoms with Gasteiger partial charge >= 0.3 is 0 Å². The first-order chi connectivity index (χ1) is 15.0. The summed E-state index contributed by atoms with van der Waals surface area (Å²) < 4.78 is 12.6. The van der Waals surface area contributed by atoms with Gasteiger partial charge < -0.3 is 9.47 Å². The Morgan fingerprint density at radius 2 is 1.41 bits per heavy atom. The van der Waals surface area contributed by atoms with E-state index in [0.29, 0.717) is 11.3 Å². The van der Waals surface area contributed by atoms with E-state index in [1.165, 1.54) is 40.8 Å². The van der Waals surface area contributed by atoms with Crippen molar-refractivity contribution in [3.8, 4) is 11.5 Å². The topological polar surface area (TPSA) is 18.5 Å². The molecule has 2 heteroatoms. The lowest BCUT2D eigenvalue weighted by atomic mass is 9.72. The smallest absolute Gasteiger partial charge is 0.126 e. The van der Waals surface area contributed by atoms with Crippen molar-refractivity contribution in [3.05, 3.63) is 58.7 Å². The van der Waals surface area contributed by atoms with Crippen molar-refractivity contribution in [2.45, 2.75) is 95.8 Å². The van der Waals surface area contributed by atoms with E-state index in [-0.39, 0.29) is 16.2 Å². The van der Waals surface area contributed by atoms with E-state index in [0.717, 1.165) is 31.8 Å². The number of benzene rings is 2. The molecule has 0 amide bonds. The highest BCUT2D eigenvalue weighted by Gasteiger charge is 2.59. The van der Waals surface area contributed by atoms with Crippen molar-refractivity contribution in [1.82, 2.24) is 0 Å². The van der Waals surface area contributed by atoms with Gasteiger partial charge in [-0.15, -0.1) is 0 Å². The Bertz CT molecular complexity index is 1040. The van der Waals surface area contributed by atoms with Crippen molar-refractivity contribution >= 4 is 0 Å². The predicted octanol–water partition coefficient (Wildman–Crippen LogP) is 7.45. The van der Waals surface area contributed by atoms with Gasteiger partial charge in [-0.3, -0.25) is 0 Å². The Morgan fingerprint density at radius 3 is 2.09 bits per heavy atom. The lowest BCUT2D eigenvalue weighted by Crippen LogP contribution is -2.30. The second-order valence-electron chi connectivity index (χ2n) is 12.8. The summed E-state index contributed by atoms with van der Waals surface area (Å²) in [5.41, 5.74) is 6.24. The van der Waals surface area contributed by atoms with Crippen molar-refractivity contribution in [2.24, 2.45) is 5.92 Å². The zero-order chi connectivity index (χ0) is 22.9. The third-order valence-corrected chi connectivity index (χ3v) is 8.59. The Labute approximate surface area is 194 Å². The first-order valence-electron chi connectivity index (χ1n) is 12.5. The Kier molecular flexibility index (Phi) is 4.79. The van der Waals surface area contributed by atoms with Gasteiger partial charge in [0.1, 0.15) is 11.5 Å². The highest BCUT2D eigenvalue weighted by atomic mass is 16.5. The molecule has 0 aromatic heterocycles. The normalized spacial score (nSPS) is 26.0. The van der Waals surface area contributed by atoms with Gasteiger partial charge in [0, 0.05) is 22.1 Å². The minimum absolute atomic E-state index is 0.0764. The SMILES string of the molecule is CC(C)(C)c1cccc2c1OCCC21CC1CC(C)(C)c1cccc2c1OCCC2(C)C. The van der Waals surface area contributed by atoms with Gasteiger partial charge in [0.2, 0.25) is 0 Å². The lowest BCUT2D eigenvalue weighted by Gasteiger charge is -2.37. The van der Waals surface area contributed by atoms with E-state index in [1.807, 2.05) is 0 Å². The second kappa shape index (κ2) is 7.02. The summed E-state index contributed by atoms with van der Waals surface area (Å²) in [5, 5.41) is 0. The average Bonchev–Trinajstić information content (AvgIpc) is 3.37. The maximum atomic E-state index is 6.30. The van der Waals surface area contributed by atoms with Gasteiger partial charge in [-0.25, -0.2) is 0 Å². The molecule has 0 saturated heterocycles. The first kappa shape index (κ1) is 21.9. The van der Waals surface area contributed by atoms with Crippen LogP contribution in [0.4, 0.5) is 0 Å². The summed E-state index contributed by atoms with van der Waals surface area (Å²) in [4.78, 5) is 0. The summed E-state index contributed by atoms with van der Waals surface area (Å²) in [7, 11) is 0. The summed E-state index contributed by atoms with van der Waals surface area (Å²) >= 11 is 0. The molecule has 1 saturated carbocycles. The molecular weight excluding hydrogens is 392 g/mol. The molecule has 5 rings (SSSR count). The van der Waals surface area contributed by atoms with Crippen LogP contribution in [0.15, 0.2) is 36.4 Å². The van der Waals surface area contributed by atoms with Crippen LogP contribution in [0.1, 0.15) is 96.4 Å². The van der Waals surface area contributed by atoms with Gasteiger partial charge in [0.05, 0.1) is 13.2 Å². The van der Waals surface area contributed by atoms with E-state index in [2.05, 4.69) is 84.9 Å². The fourth-order valence-corrected chi connectivity index (χ4v) is 6.46. The van der Waals surface area contributed by atoms with E-state index in [4.69, 9.17) is 9.47 Å². The van der Waals surface area contributed by atoms with Crippen LogP contribution in [0.25, 0.3) is 0 Å². The molecule has 1 fully saturated rings. The van der Waals surface area contributed by atoms with Gasteiger partial charge in [-0.2, -0.15) is 0 Å². The van der Waals surface area contributed by atoms with Gasteiger partial charge in [-0.1, -0.05) is 84.9 Å². The number of fused-ring (bicyclic) bond motifs is 3. The highest BCUT2D eigenvalue weighted by molar-refractivity contribution is 5.54. The van der Waals surface area contributed by atoms with E-state index >= 15 is 0 Å². The maximum Gasteiger partial charge on any atom is 0.126 e. The largest absolute Gasteiger partial charge is 0.493 e. The van der Waals surface area contributed by atoms with Crippen LogP contribution in [0.5, 0.6) is 11.5 Å². The molecule has 2 heterocycles. The molecule has 1 aliphatic carbocycles. The zero-order valence-electron chi connectivity index (χ0n) is 21.1. The zero-order valence-corrected chi connectivity index (χ0v) is 21.1. The summed E-state index contributed by atoms with van der Waals surface area (Å²) in [6.07, 6.45) is 4.70. The Hall–Kier alpha value is -1.96. The second-order valence-corrected chi connectivity index (χ2v) is 12.8. The third kappa shape index (κ3) is 3.37. The van der Waals surface area contributed by atoms with Crippen LogP contribution in [-0.2, 0) is 21.7 Å². The van der Waals surface area contributed by atoms with Crippen LogP contribution in [0, 0.1) is 5.92 Å². The molecule has 0 N–H and O–H groups in total. The van der Waals surface area contributed by atoms with Gasteiger partial charge in [-0.05, 0) is 53.4 Å². The van der Waals surface area contributed by atoms with Crippen molar-refractivity contribution in [2.75, 3.05) is 13.2 Å². The molecule has 2 aliphatic heterocycles. The first-order valence-corrected chi connectivity index (χ1v) is 12.5. The molecule has 2 aromatic carbocycles. The van der Waals surface area contributed by atoms with Crippen molar-refractivity contribution in [1.29, 1.82) is 0 Å². The van der Waals surface area contributed by atoms with Crippen LogP contribution in [-0.4, -0.2) is 13.2 Å². The average molecular weight is 433 g/mol. The predicted molar refractivity (Wildman–Crippen MR) is 132 cm³/mol. The number of ether oxygens (including phenoxy) is 2. The molecule has 172 valence electrons. The van der Waals surface area contributed by atoms with Crippen LogP contribution in [0.3, 0.4) is 0 Å². The standard InChI is InChI=1S/C30H40O2/c1-27(2,3)21-10-8-13-24-25(21)32-17-15-30(24)19-20(30)18-29(6,7)23-12-9-11-22-26(23)31-16-14-28(22,4)5/h8-13,20H,14-19H2,1-7H3. The molecule has 2 unspecified atom stereocenters. The lowest BCUT2D eigenvalue weighted by molar-refractivity contribution is 0.224. The molecule has 0 bridgehead atoms. The summed E-state index contributed by atoms with van der Waals surface area (Å²) in [6, 6.07) is 13.7. The Balaban J connectivity index is 1.46. The monoisotopic (exact) mass is 432 g/mol. The molecule has 2 aromatic rings. The summed E-state index contributed by atoms with van der Waals surface area (Å²) in [5.74, 6) is 3.03. The van der Waals surface area contributed by atoms with E-state index in [9.17, 15) is 0 Å². The fourth-order valence-electron chi connectivity index (χ4n) is 6.46. The van der Waals surface area contributed by atoms with Gasteiger partial charge in [0.15, 0.2) is 0 Å². The minimum Gasteiger partial charge on any atom is -0.493 e. The molecular formula is C30H40O2. The van der Waals surface area contributed by atoms with Crippen LogP contribution >= 0.6 is 0 Å². The maximum absolute atomic E-state index is 6.30. The van der Waals surface area contributed by atoms with Crippen LogP contribution < -0.4 is 9.47 Å². The van der Waals surface area contributed by atoms with E-state index in [1.54, 1.807) is 0 Å².